The number of ether oxygens (including phenoxy) is 1. The number of carbonyl (C=O) groups excluding carboxylic acids is 1. The van der Waals surface area contributed by atoms with E-state index in [0.29, 0.717) is 10.7 Å². The number of nitrogens with one attached hydrogen (secondary N) is 1. The summed E-state index contributed by atoms with van der Waals surface area (Å²) in [6, 6.07) is 15.6. The molecule has 4 rings (SSSR count). The minimum Gasteiger partial charge on any atom is -0.497 e. The predicted octanol–water partition coefficient (Wildman–Crippen LogP) is 4.87. The number of hydrogen-bond donors (Lipinski definition) is 1. The topological polar surface area (TPSA) is 69.0 Å². The normalized spacial score (nSPS) is 10.7. The van der Waals surface area contributed by atoms with E-state index in [4.69, 9.17) is 4.74 Å². The van der Waals surface area contributed by atoms with Crippen molar-refractivity contribution in [3.63, 3.8) is 0 Å². The Hall–Kier alpha value is -3.45. The van der Waals surface area contributed by atoms with Gasteiger partial charge >= 0.3 is 0 Å². The van der Waals surface area contributed by atoms with Gasteiger partial charge in [0.15, 0.2) is 5.13 Å². The van der Waals surface area contributed by atoms with E-state index >= 15 is 0 Å². The van der Waals surface area contributed by atoms with Gasteiger partial charge in [-0.2, -0.15) is 5.10 Å². The quantitative estimate of drug-likeness (QED) is 0.515. The Morgan fingerprint density at radius 1 is 1.10 bits per heavy atom. The maximum absolute atomic E-state index is 12.7. The van der Waals surface area contributed by atoms with Crippen molar-refractivity contribution in [2.75, 3.05) is 12.4 Å². The van der Waals surface area contributed by atoms with E-state index < -0.39 is 0 Å². The molecular weight excluding hydrogens is 384 g/mol. The van der Waals surface area contributed by atoms with Crippen molar-refractivity contribution in [1.82, 2.24) is 14.8 Å². The third-order valence-electron chi connectivity index (χ3n) is 4.59. The second-order valence-corrected chi connectivity index (χ2v) is 7.77. The van der Waals surface area contributed by atoms with Gasteiger partial charge in [0, 0.05) is 16.6 Å². The lowest BCUT2D eigenvalue weighted by Crippen LogP contribution is -2.10. The average Bonchev–Trinajstić information content (AvgIpc) is 3.35. The van der Waals surface area contributed by atoms with Crippen molar-refractivity contribution in [3.05, 3.63) is 76.9 Å². The van der Waals surface area contributed by atoms with Gasteiger partial charge in [-0.15, -0.1) is 11.3 Å². The molecule has 0 aliphatic heterocycles. The molecule has 0 fully saturated rings. The van der Waals surface area contributed by atoms with Gasteiger partial charge in [0.05, 0.1) is 30.3 Å². The predicted molar refractivity (Wildman–Crippen MR) is 115 cm³/mol. The third kappa shape index (κ3) is 3.90. The van der Waals surface area contributed by atoms with Gasteiger partial charge in [-0.3, -0.25) is 10.1 Å². The number of hydrogen-bond acceptors (Lipinski definition) is 5. The van der Waals surface area contributed by atoms with E-state index in [0.717, 1.165) is 33.1 Å². The molecule has 0 saturated heterocycles. The Morgan fingerprint density at radius 3 is 2.59 bits per heavy atom. The average molecular weight is 404 g/mol. The Kier molecular flexibility index (Phi) is 5.14. The molecule has 0 bridgehead atoms. The molecule has 146 valence electrons. The van der Waals surface area contributed by atoms with Gasteiger partial charge in [-0.05, 0) is 49.7 Å². The number of aromatic nitrogens is 3. The maximum atomic E-state index is 12.7. The van der Waals surface area contributed by atoms with Gasteiger partial charge in [0.1, 0.15) is 5.75 Å². The van der Waals surface area contributed by atoms with Crippen LogP contribution < -0.4 is 10.1 Å². The van der Waals surface area contributed by atoms with Crippen LogP contribution in [-0.4, -0.2) is 27.8 Å². The lowest BCUT2D eigenvalue weighted by atomic mass is 10.1. The minimum absolute atomic E-state index is 0.236. The monoisotopic (exact) mass is 404 g/mol. The number of thiazole rings is 1. The fraction of sp³-hybridized carbons (Fsp3) is 0.136. The SMILES string of the molecule is COc1ccc(-c2nc(NC(=O)c3cnn(-c4ccccc4C)c3)sc2C)cc1. The zero-order valence-corrected chi connectivity index (χ0v) is 17.2. The summed E-state index contributed by atoms with van der Waals surface area (Å²) in [5.74, 6) is 0.556. The summed E-state index contributed by atoms with van der Waals surface area (Å²) in [4.78, 5) is 18.3. The van der Waals surface area contributed by atoms with Crippen LogP contribution in [0.15, 0.2) is 60.9 Å². The number of anilines is 1. The number of nitrogens with zero attached hydrogens (tertiary/aromatic N) is 3. The van der Waals surface area contributed by atoms with Gasteiger partial charge < -0.3 is 4.74 Å². The first-order valence-electron chi connectivity index (χ1n) is 9.09. The second-order valence-electron chi connectivity index (χ2n) is 6.57. The van der Waals surface area contributed by atoms with Gasteiger partial charge in [0.25, 0.3) is 5.91 Å². The number of methoxy groups -OCH3 is 1. The zero-order valence-electron chi connectivity index (χ0n) is 16.3. The molecule has 0 aliphatic rings. The van der Waals surface area contributed by atoms with Gasteiger partial charge in [0.2, 0.25) is 0 Å². The van der Waals surface area contributed by atoms with Crippen LogP contribution in [-0.2, 0) is 0 Å². The molecule has 1 N–H and O–H groups in total. The van der Waals surface area contributed by atoms with E-state index in [1.807, 2.05) is 62.4 Å². The van der Waals surface area contributed by atoms with Crippen molar-refractivity contribution < 1.29 is 9.53 Å². The molecule has 4 aromatic rings. The van der Waals surface area contributed by atoms with Crippen LogP contribution in [0.2, 0.25) is 0 Å². The van der Waals surface area contributed by atoms with Crippen LogP contribution in [0.3, 0.4) is 0 Å². The first kappa shape index (κ1) is 18.9. The number of amides is 1. The summed E-state index contributed by atoms with van der Waals surface area (Å²) in [5.41, 5.74) is 4.34. The van der Waals surface area contributed by atoms with E-state index in [1.54, 1.807) is 24.2 Å². The molecule has 0 unspecified atom stereocenters. The molecule has 7 heteroatoms. The molecule has 0 saturated carbocycles. The van der Waals surface area contributed by atoms with Crippen LogP contribution in [0.5, 0.6) is 5.75 Å². The third-order valence-corrected chi connectivity index (χ3v) is 5.47. The zero-order chi connectivity index (χ0) is 20.4. The smallest absolute Gasteiger partial charge is 0.260 e. The number of para-hydroxylation sites is 1. The molecule has 2 aromatic carbocycles. The summed E-state index contributed by atoms with van der Waals surface area (Å²) in [7, 11) is 1.64. The number of carbonyl (C=O) groups is 1. The Balaban J connectivity index is 1.53. The lowest BCUT2D eigenvalue weighted by Gasteiger charge is -2.04. The molecule has 2 heterocycles. The van der Waals surface area contributed by atoms with E-state index in [9.17, 15) is 4.79 Å². The van der Waals surface area contributed by atoms with E-state index in [1.165, 1.54) is 11.3 Å². The summed E-state index contributed by atoms with van der Waals surface area (Å²) in [6.45, 7) is 4.00. The largest absolute Gasteiger partial charge is 0.497 e. The molecule has 0 radical (unpaired) electrons. The Morgan fingerprint density at radius 2 is 1.86 bits per heavy atom. The number of rotatable bonds is 5. The van der Waals surface area contributed by atoms with Crippen molar-refractivity contribution in [3.8, 4) is 22.7 Å². The Bertz CT molecular complexity index is 1160. The highest BCUT2D eigenvalue weighted by Gasteiger charge is 2.15. The first-order chi connectivity index (χ1) is 14.0. The van der Waals surface area contributed by atoms with Crippen LogP contribution in [0, 0.1) is 13.8 Å². The molecule has 6 nitrogen and oxygen atoms in total. The summed E-state index contributed by atoms with van der Waals surface area (Å²) in [5, 5.41) is 7.76. The number of benzene rings is 2. The molecular formula is C22H20N4O2S. The molecule has 1 amide bonds. The fourth-order valence-electron chi connectivity index (χ4n) is 3.03. The molecule has 0 spiro atoms. The van der Waals surface area contributed by atoms with Gasteiger partial charge in [-0.25, -0.2) is 9.67 Å². The second kappa shape index (κ2) is 7.89. The van der Waals surface area contributed by atoms with Crippen molar-refractivity contribution in [2.45, 2.75) is 13.8 Å². The van der Waals surface area contributed by atoms with Crippen LogP contribution in [0.4, 0.5) is 5.13 Å². The number of aryl methyl sites for hydroxylation is 2. The summed E-state index contributed by atoms with van der Waals surface area (Å²) >= 11 is 1.45. The summed E-state index contributed by atoms with van der Waals surface area (Å²) < 4.78 is 6.91. The van der Waals surface area contributed by atoms with Crippen LogP contribution in [0.1, 0.15) is 20.8 Å². The Labute approximate surface area is 172 Å². The molecule has 2 aromatic heterocycles. The molecule has 0 atom stereocenters. The first-order valence-corrected chi connectivity index (χ1v) is 9.90. The van der Waals surface area contributed by atoms with Crippen molar-refractivity contribution in [2.24, 2.45) is 0 Å². The van der Waals surface area contributed by atoms with E-state index in [2.05, 4.69) is 15.4 Å². The van der Waals surface area contributed by atoms with Crippen molar-refractivity contribution in [1.29, 1.82) is 0 Å². The molecule has 0 aliphatic carbocycles. The van der Waals surface area contributed by atoms with Crippen LogP contribution in [0.25, 0.3) is 16.9 Å². The van der Waals surface area contributed by atoms with E-state index in [-0.39, 0.29) is 5.91 Å². The highest BCUT2D eigenvalue weighted by molar-refractivity contribution is 7.16. The lowest BCUT2D eigenvalue weighted by molar-refractivity contribution is 0.102. The molecule has 29 heavy (non-hydrogen) atoms. The minimum atomic E-state index is -0.236. The highest BCUT2D eigenvalue weighted by atomic mass is 32.1. The van der Waals surface area contributed by atoms with Gasteiger partial charge in [-0.1, -0.05) is 18.2 Å². The van der Waals surface area contributed by atoms with Crippen molar-refractivity contribution >= 4 is 22.4 Å². The summed E-state index contributed by atoms with van der Waals surface area (Å²) in [6.07, 6.45) is 3.29. The fourth-order valence-corrected chi connectivity index (χ4v) is 3.86. The highest BCUT2D eigenvalue weighted by Crippen LogP contribution is 2.31. The maximum Gasteiger partial charge on any atom is 0.260 e. The standard InChI is InChI=1S/C22H20N4O2S/c1-14-6-4-5-7-19(14)26-13-17(12-23-26)21(27)25-22-24-20(15(2)29-22)16-8-10-18(28-3)11-9-16/h4-13H,1-3H3,(H,24,25,27). The van der Waals surface area contributed by atoms with Crippen LogP contribution >= 0.6 is 11.3 Å².